The van der Waals surface area contributed by atoms with E-state index in [2.05, 4.69) is 10.3 Å². The van der Waals surface area contributed by atoms with Crippen LogP contribution in [0.4, 0.5) is 19.0 Å². The number of nitrogens with one attached hydrogen (secondary N) is 1. The topological polar surface area (TPSA) is 24.9 Å². The van der Waals surface area contributed by atoms with Gasteiger partial charge in [-0.05, 0) is 30.5 Å². The van der Waals surface area contributed by atoms with Crippen LogP contribution in [0.1, 0.15) is 12.5 Å². The predicted octanol–water partition coefficient (Wildman–Crippen LogP) is 4.26. The lowest BCUT2D eigenvalue weighted by molar-refractivity contribution is -0.137. The van der Waals surface area contributed by atoms with Crippen molar-refractivity contribution >= 4 is 17.2 Å². The van der Waals surface area contributed by atoms with E-state index in [1.807, 2.05) is 12.3 Å². The quantitative estimate of drug-likeness (QED) is 0.903. The number of pyridine rings is 1. The number of alkyl halides is 3. The molecule has 2 heterocycles. The third-order valence-corrected chi connectivity index (χ3v) is 3.18. The molecular weight excluding hydrogens is 261 g/mol. The third kappa shape index (κ3) is 2.81. The van der Waals surface area contributed by atoms with E-state index in [0.717, 1.165) is 17.0 Å². The Bertz CT molecular complexity index is 521. The van der Waals surface area contributed by atoms with Crippen LogP contribution in [-0.4, -0.2) is 11.5 Å². The third-order valence-electron chi connectivity index (χ3n) is 2.28. The zero-order valence-corrected chi connectivity index (χ0v) is 10.4. The Morgan fingerprint density at radius 1 is 1.33 bits per heavy atom. The van der Waals surface area contributed by atoms with E-state index < -0.39 is 11.7 Å². The lowest BCUT2D eigenvalue weighted by Crippen LogP contribution is -2.08. The van der Waals surface area contributed by atoms with Crippen LogP contribution in [0.5, 0.6) is 0 Å². The smallest absolute Gasteiger partial charge is 0.370 e. The molecular formula is C12H11F3N2S. The molecule has 0 radical (unpaired) electrons. The minimum atomic E-state index is -4.36. The molecule has 96 valence electrons. The van der Waals surface area contributed by atoms with Crippen molar-refractivity contribution in [2.75, 3.05) is 11.9 Å². The van der Waals surface area contributed by atoms with Gasteiger partial charge in [-0.2, -0.15) is 13.2 Å². The summed E-state index contributed by atoms with van der Waals surface area (Å²) in [7, 11) is 0. The zero-order chi connectivity index (χ0) is 13.2. The van der Waals surface area contributed by atoms with E-state index in [1.165, 1.54) is 11.3 Å². The first kappa shape index (κ1) is 12.9. The van der Waals surface area contributed by atoms with Crippen LogP contribution in [0, 0.1) is 0 Å². The van der Waals surface area contributed by atoms with Crippen molar-refractivity contribution in [2.24, 2.45) is 0 Å². The molecule has 0 saturated carbocycles. The number of nitrogens with zero attached hydrogens (tertiary/aromatic N) is 1. The van der Waals surface area contributed by atoms with E-state index in [1.54, 1.807) is 12.1 Å². The first-order chi connectivity index (χ1) is 8.50. The SMILES string of the molecule is CCNc1cc(C(F)(F)F)cc(-c2cccs2)n1. The molecule has 0 saturated heterocycles. The van der Waals surface area contributed by atoms with Crippen molar-refractivity contribution in [3.8, 4) is 10.6 Å². The summed E-state index contributed by atoms with van der Waals surface area (Å²) >= 11 is 1.36. The van der Waals surface area contributed by atoms with Crippen LogP contribution >= 0.6 is 11.3 Å². The number of anilines is 1. The Balaban J connectivity index is 2.50. The fraction of sp³-hybridized carbons (Fsp3) is 0.250. The maximum absolute atomic E-state index is 12.8. The lowest BCUT2D eigenvalue weighted by Gasteiger charge is -2.11. The summed E-state index contributed by atoms with van der Waals surface area (Å²) in [6, 6.07) is 5.64. The predicted molar refractivity (Wildman–Crippen MR) is 66.7 cm³/mol. The second kappa shape index (κ2) is 4.97. The van der Waals surface area contributed by atoms with Gasteiger partial charge < -0.3 is 5.32 Å². The Labute approximate surface area is 106 Å². The molecule has 0 aliphatic rings. The van der Waals surface area contributed by atoms with Gasteiger partial charge in [0.05, 0.1) is 16.1 Å². The van der Waals surface area contributed by atoms with E-state index in [4.69, 9.17) is 0 Å². The van der Waals surface area contributed by atoms with Gasteiger partial charge in [-0.3, -0.25) is 0 Å². The number of aromatic nitrogens is 1. The molecule has 2 rings (SSSR count). The average molecular weight is 272 g/mol. The fourth-order valence-electron chi connectivity index (χ4n) is 1.52. The monoisotopic (exact) mass is 272 g/mol. The number of hydrogen-bond donors (Lipinski definition) is 1. The van der Waals surface area contributed by atoms with Gasteiger partial charge in [-0.15, -0.1) is 11.3 Å². The Hall–Kier alpha value is -1.56. The molecule has 2 aromatic rings. The molecule has 0 spiro atoms. The van der Waals surface area contributed by atoms with E-state index in [0.29, 0.717) is 12.2 Å². The molecule has 0 aliphatic carbocycles. The highest BCUT2D eigenvalue weighted by atomic mass is 32.1. The second-order valence-electron chi connectivity index (χ2n) is 3.63. The van der Waals surface area contributed by atoms with Crippen LogP contribution in [0.2, 0.25) is 0 Å². The van der Waals surface area contributed by atoms with Crippen molar-refractivity contribution in [1.29, 1.82) is 0 Å². The molecule has 0 atom stereocenters. The summed E-state index contributed by atoms with van der Waals surface area (Å²) in [6.45, 7) is 2.34. The van der Waals surface area contributed by atoms with E-state index in [-0.39, 0.29) is 5.82 Å². The van der Waals surface area contributed by atoms with Crippen LogP contribution in [0.25, 0.3) is 10.6 Å². The summed E-state index contributed by atoms with van der Waals surface area (Å²) in [5.74, 6) is 0.246. The van der Waals surface area contributed by atoms with E-state index in [9.17, 15) is 13.2 Å². The van der Waals surface area contributed by atoms with Crippen molar-refractivity contribution in [1.82, 2.24) is 4.98 Å². The molecule has 0 amide bonds. The molecule has 2 aromatic heterocycles. The summed E-state index contributed by atoms with van der Waals surface area (Å²) in [6.07, 6.45) is -4.36. The second-order valence-corrected chi connectivity index (χ2v) is 4.58. The highest BCUT2D eigenvalue weighted by Gasteiger charge is 2.31. The number of thiophene rings is 1. The van der Waals surface area contributed by atoms with Gasteiger partial charge >= 0.3 is 6.18 Å². The number of rotatable bonds is 3. The average Bonchev–Trinajstić information content (AvgIpc) is 2.81. The standard InChI is InChI=1S/C12H11F3N2S/c1-2-16-11-7-8(12(13,14)15)6-9(17-11)10-4-3-5-18-10/h3-7H,2H2,1H3,(H,16,17). The van der Waals surface area contributed by atoms with Gasteiger partial charge in [0.15, 0.2) is 0 Å². The number of halogens is 3. The molecule has 2 nitrogen and oxygen atoms in total. The molecule has 0 aliphatic heterocycles. The van der Waals surface area contributed by atoms with Crippen LogP contribution in [0.3, 0.4) is 0 Å². The van der Waals surface area contributed by atoms with Gasteiger partial charge in [0.1, 0.15) is 5.82 Å². The molecule has 0 fully saturated rings. The fourth-order valence-corrected chi connectivity index (χ4v) is 2.20. The van der Waals surface area contributed by atoms with Gasteiger partial charge in [0, 0.05) is 6.54 Å². The molecule has 18 heavy (non-hydrogen) atoms. The molecule has 0 unspecified atom stereocenters. The molecule has 0 bridgehead atoms. The first-order valence-corrected chi connectivity index (χ1v) is 6.25. The number of hydrogen-bond acceptors (Lipinski definition) is 3. The molecule has 0 aromatic carbocycles. The maximum Gasteiger partial charge on any atom is 0.416 e. The van der Waals surface area contributed by atoms with Crippen LogP contribution in [-0.2, 0) is 6.18 Å². The summed E-state index contributed by atoms with van der Waals surface area (Å²) in [4.78, 5) is 4.90. The Morgan fingerprint density at radius 2 is 2.11 bits per heavy atom. The minimum Gasteiger partial charge on any atom is -0.370 e. The van der Waals surface area contributed by atoms with Gasteiger partial charge in [0.25, 0.3) is 0 Å². The van der Waals surface area contributed by atoms with E-state index >= 15 is 0 Å². The van der Waals surface area contributed by atoms with Gasteiger partial charge in [-0.25, -0.2) is 4.98 Å². The molecule has 1 N–H and O–H groups in total. The van der Waals surface area contributed by atoms with Crippen molar-refractivity contribution in [3.63, 3.8) is 0 Å². The normalized spacial score (nSPS) is 11.6. The maximum atomic E-state index is 12.8. The van der Waals surface area contributed by atoms with Crippen molar-refractivity contribution in [3.05, 3.63) is 35.2 Å². The highest BCUT2D eigenvalue weighted by Crippen LogP contribution is 2.34. The van der Waals surface area contributed by atoms with Gasteiger partial charge in [-0.1, -0.05) is 6.07 Å². The summed E-state index contributed by atoms with van der Waals surface area (Å²) in [5.41, 5.74) is -0.340. The van der Waals surface area contributed by atoms with Crippen molar-refractivity contribution in [2.45, 2.75) is 13.1 Å². The lowest BCUT2D eigenvalue weighted by atomic mass is 10.2. The Kier molecular flexibility index (Phi) is 3.56. The Morgan fingerprint density at radius 3 is 2.67 bits per heavy atom. The highest BCUT2D eigenvalue weighted by molar-refractivity contribution is 7.13. The van der Waals surface area contributed by atoms with Crippen molar-refractivity contribution < 1.29 is 13.2 Å². The first-order valence-electron chi connectivity index (χ1n) is 5.37. The van der Waals surface area contributed by atoms with Crippen LogP contribution < -0.4 is 5.32 Å². The minimum absolute atomic E-state index is 0.246. The summed E-state index contributed by atoms with van der Waals surface area (Å²) in [5, 5.41) is 4.63. The summed E-state index contributed by atoms with van der Waals surface area (Å²) < 4.78 is 38.3. The van der Waals surface area contributed by atoms with Gasteiger partial charge in [0.2, 0.25) is 0 Å². The van der Waals surface area contributed by atoms with Crippen LogP contribution in [0.15, 0.2) is 29.6 Å². The zero-order valence-electron chi connectivity index (χ0n) is 9.58. The largest absolute Gasteiger partial charge is 0.416 e. The molecule has 6 heteroatoms.